The van der Waals surface area contributed by atoms with Crippen LogP contribution in [0, 0.1) is 0 Å². The van der Waals surface area contributed by atoms with E-state index in [9.17, 15) is 13.2 Å². The molecular weight excluding hydrogens is 392 g/mol. The highest BCUT2D eigenvalue weighted by Gasteiger charge is 2.25. The van der Waals surface area contributed by atoms with Gasteiger partial charge in [-0.3, -0.25) is 4.79 Å². The lowest BCUT2D eigenvalue weighted by atomic mass is 10.2. The van der Waals surface area contributed by atoms with E-state index in [1.165, 1.54) is 24.6 Å². The third-order valence-electron chi connectivity index (χ3n) is 4.91. The average molecular weight is 419 g/mol. The fourth-order valence-electron chi connectivity index (χ4n) is 3.31. The second kappa shape index (κ2) is 9.28. The van der Waals surface area contributed by atoms with Crippen LogP contribution in [0.25, 0.3) is 0 Å². The number of nitrogens with zero attached hydrogens (tertiary/aromatic N) is 1. The van der Waals surface area contributed by atoms with E-state index >= 15 is 0 Å². The zero-order valence-electron chi connectivity index (χ0n) is 16.7. The summed E-state index contributed by atoms with van der Waals surface area (Å²) in [6.07, 6.45) is 3.83. The van der Waals surface area contributed by atoms with E-state index in [4.69, 9.17) is 9.47 Å². The fraction of sp³-hybridized carbons (Fsp3) is 0.381. The number of carbonyl (C=O) groups is 1. The maximum atomic E-state index is 13.0. The molecule has 0 radical (unpaired) electrons. The standard InChI is InChI=1S/C21H26N2O5S/c1-27-18-12-16(13-19(15-18)28-2)21(24)22-17-8-7-9-20(14-17)29(25,26)23-10-5-3-4-6-11-23/h7-9,12-15H,3-6,10-11H2,1-2H3,(H,22,24). The highest BCUT2D eigenvalue weighted by Crippen LogP contribution is 2.25. The maximum Gasteiger partial charge on any atom is 0.255 e. The molecule has 1 fully saturated rings. The summed E-state index contributed by atoms with van der Waals surface area (Å²) >= 11 is 0. The molecule has 0 unspecified atom stereocenters. The number of carbonyl (C=O) groups excluding carboxylic acids is 1. The van der Waals surface area contributed by atoms with E-state index in [2.05, 4.69) is 5.32 Å². The zero-order chi connectivity index (χ0) is 20.9. The number of hydrogen-bond donors (Lipinski definition) is 1. The first-order chi connectivity index (χ1) is 13.9. The lowest BCUT2D eigenvalue weighted by Crippen LogP contribution is -2.32. The number of ether oxygens (including phenoxy) is 2. The van der Waals surface area contributed by atoms with E-state index in [0.29, 0.717) is 35.8 Å². The van der Waals surface area contributed by atoms with Crippen LogP contribution >= 0.6 is 0 Å². The Morgan fingerprint density at radius 1 is 0.931 bits per heavy atom. The molecule has 0 saturated carbocycles. The molecule has 29 heavy (non-hydrogen) atoms. The van der Waals surface area contributed by atoms with Crippen molar-refractivity contribution in [3.8, 4) is 11.5 Å². The summed E-state index contributed by atoms with van der Waals surface area (Å²) in [6, 6.07) is 11.2. The molecule has 8 heteroatoms. The van der Waals surface area contributed by atoms with Crippen LogP contribution in [0.5, 0.6) is 11.5 Å². The first kappa shape index (κ1) is 21.1. The summed E-state index contributed by atoms with van der Waals surface area (Å²) in [7, 11) is -0.572. The smallest absolute Gasteiger partial charge is 0.255 e. The number of sulfonamides is 1. The van der Waals surface area contributed by atoms with Gasteiger partial charge in [-0.25, -0.2) is 8.42 Å². The van der Waals surface area contributed by atoms with Gasteiger partial charge in [0.05, 0.1) is 19.1 Å². The first-order valence-electron chi connectivity index (χ1n) is 9.58. The van der Waals surface area contributed by atoms with Crippen molar-refractivity contribution >= 4 is 21.6 Å². The van der Waals surface area contributed by atoms with Crippen LogP contribution in [0.4, 0.5) is 5.69 Å². The third kappa shape index (κ3) is 5.07. The van der Waals surface area contributed by atoms with Gasteiger partial charge in [-0.15, -0.1) is 0 Å². The SMILES string of the molecule is COc1cc(OC)cc(C(=O)Nc2cccc(S(=O)(=O)N3CCCCCC3)c2)c1. The monoisotopic (exact) mass is 418 g/mol. The lowest BCUT2D eigenvalue weighted by Gasteiger charge is -2.20. The molecule has 0 aliphatic carbocycles. The molecule has 0 aromatic heterocycles. The molecule has 0 spiro atoms. The van der Waals surface area contributed by atoms with Crippen LogP contribution in [0.3, 0.4) is 0 Å². The molecule has 1 N–H and O–H groups in total. The van der Waals surface area contributed by atoms with Crippen LogP contribution in [0.1, 0.15) is 36.0 Å². The zero-order valence-corrected chi connectivity index (χ0v) is 17.5. The van der Waals surface area contributed by atoms with E-state index < -0.39 is 10.0 Å². The second-order valence-corrected chi connectivity index (χ2v) is 8.84. The largest absolute Gasteiger partial charge is 0.497 e. The molecule has 2 aromatic rings. The Labute approximate surface area is 171 Å². The molecular formula is C21H26N2O5S. The molecule has 7 nitrogen and oxygen atoms in total. The molecule has 1 saturated heterocycles. The van der Waals surface area contributed by atoms with E-state index in [1.54, 1.807) is 36.4 Å². The number of amides is 1. The minimum Gasteiger partial charge on any atom is -0.497 e. The lowest BCUT2D eigenvalue weighted by molar-refractivity contribution is 0.102. The number of methoxy groups -OCH3 is 2. The van der Waals surface area contributed by atoms with E-state index in [0.717, 1.165) is 25.7 Å². The van der Waals surface area contributed by atoms with E-state index in [-0.39, 0.29) is 10.8 Å². The van der Waals surface area contributed by atoms with Gasteiger partial charge in [0.2, 0.25) is 10.0 Å². The summed E-state index contributed by atoms with van der Waals surface area (Å²) in [5.74, 6) is 0.602. The van der Waals surface area contributed by atoms with Gasteiger partial charge in [-0.05, 0) is 43.2 Å². The minimum absolute atomic E-state index is 0.181. The number of rotatable bonds is 6. The third-order valence-corrected chi connectivity index (χ3v) is 6.80. The van der Waals surface area contributed by atoms with Gasteiger partial charge in [0.15, 0.2) is 0 Å². The van der Waals surface area contributed by atoms with E-state index in [1.807, 2.05) is 0 Å². The molecule has 1 heterocycles. The summed E-state index contributed by atoms with van der Waals surface area (Å²) in [5, 5.41) is 2.76. The Hall–Kier alpha value is -2.58. The number of hydrogen-bond acceptors (Lipinski definition) is 5. The summed E-state index contributed by atoms with van der Waals surface area (Å²) in [6.45, 7) is 1.06. The van der Waals surface area contributed by atoms with Gasteiger partial charge < -0.3 is 14.8 Å². The molecule has 0 atom stereocenters. The highest BCUT2D eigenvalue weighted by atomic mass is 32.2. The Bertz CT molecular complexity index is 945. The summed E-state index contributed by atoms with van der Waals surface area (Å²) in [5.41, 5.74) is 0.759. The van der Waals surface area contributed by atoms with Gasteiger partial charge in [0, 0.05) is 30.4 Å². The van der Waals surface area contributed by atoms with Gasteiger partial charge in [-0.1, -0.05) is 18.9 Å². The minimum atomic E-state index is -3.59. The Morgan fingerprint density at radius 3 is 2.14 bits per heavy atom. The number of nitrogens with one attached hydrogen (secondary N) is 1. The predicted octanol–water partition coefficient (Wildman–Crippen LogP) is 3.52. The Morgan fingerprint density at radius 2 is 1.55 bits per heavy atom. The molecule has 1 amide bonds. The molecule has 156 valence electrons. The van der Waals surface area contributed by atoms with Crippen LogP contribution in [0.15, 0.2) is 47.4 Å². The number of benzene rings is 2. The van der Waals surface area contributed by atoms with Crippen molar-refractivity contribution in [3.05, 3.63) is 48.0 Å². The van der Waals surface area contributed by atoms with Crippen molar-refractivity contribution < 1.29 is 22.7 Å². The molecule has 1 aliphatic heterocycles. The molecule has 1 aliphatic rings. The molecule has 2 aromatic carbocycles. The summed E-state index contributed by atoms with van der Waals surface area (Å²) < 4.78 is 37.9. The summed E-state index contributed by atoms with van der Waals surface area (Å²) in [4.78, 5) is 12.9. The van der Waals surface area contributed by atoms with Crippen molar-refractivity contribution in [2.75, 3.05) is 32.6 Å². The van der Waals surface area contributed by atoms with Crippen molar-refractivity contribution in [1.29, 1.82) is 0 Å². The maximum absolute atomic E-state index is 13.0. The van der Waals surface area contributed by atoms with Crippen molar-refractivity contribution in [2.24, 2.45) is 0 Å². The van der Waals surface area contributed by atoms with Crippen LogP contribution in [-0.4, -0.2) is 45.9 Å². The van der Waals surface area contributed by atoms with Gasteiger partial charge >= 0.3 is 0 Å². The van der Waals surface area contributed by atoms with Gasteiger partial charge in [-0.2, -0.15) is 4.31 Å². The Balaban J connectivity index is 1.82. The van der Waals surface area contributed by atoms with Gasteiger partial charge in [0.1, 0.15) is 11.5 Å². The van der Waals surface area contributed by atoms with Crippen molar-refractivity contribution in [2.45, 2.75) is 30.6 Å². The molecule has 3 rings (SSSR count). The highest BCUT2D eigenvalue weighted by molar-refractivity contribution is 7.89. The topological polar surface area (TPSA) is 84.9 Å². The molecule has 0 bridgehead atoms. The van der Waals surface area contributed by atoms with Crippen LogP contribution < -0.4 is 14.8 Å². The predicted molar refractivity (Wildman–Crippen MR) is 111 cm³/mol. The van der Waals surface area contributed by atoms with Crippen molar-refractivity contribution in [3.63, 3.8) is 0 Å². The van der Waals surface area contributed by atoms with Crippen LogP contribution in [-0.2, 0) is 10.0 Å². The number of anilines is 1. The second-order valence-electron chi connectivity index (χ2n) is 6.90. The fourth-order valence-corrected chi connectivity index (χ4v) is 4.87. The van der Waals surface area contributed by atoms with Crippen LogP contribution in [0.2, 0.25) is 0 Å². The quantitative estimate of drug-likeness (QED) is 0.776. The van der Waals surface area contributed by atoms with Crippen molar-refractivity contribution in [1.82, 2.24) is 4.31 Å². The first-order valence-corrected chi connectivity index (χ1v) is 11.0. The van der Waals surface area contributed by atoms with Gasteiger partial charge in [0.25, 0.3) is 5.91 Å². The Kier molecular flexibility index (Phi) is 6.76. The normalized spacial score (nSPS) is 15.4. The average Bonchev–Trinajstić information content (AvgIpc) is 3.03.